The molecule has 0 bridgehead atoms. The Hall–Kier alpha value is -1.38. The summed E-state index contributed by atoms with van der Waals surface area (Å²) in [6.07, 6.45) is -18.7. The van der Waals surface area contributed by atoms with E-state index in [1.807, 2.05) is 6.07 Å². The third-order valence-corrected chi connectivity index (χ3v) is 7.04. The smallest absolute Gasteiger partial charge is 0.187 e. The predicted molar refractivity (Wildman–Crippen MR) is 124 cm³/mol. The third-order valence-electron chi connectivity index (χ3n) is 7.04. The molecule has 0 radical (unpaired) electrons. The second kappa shape index (κ2) is 13.1. The molecule has 15 nitrogen and oxygen atoms in total. The van der Waals surface area contributed by atoms with Crippen LogP contribution < -0.4 is 0 Å². The molecule has 3 aliphatic heterocycles. The van der Waals surface area contributed by atoms with E-state index in [1.54, 1.807) is 24.3 Å². The molecule has 3 saturated heterocycles. The molecule has 222 valence electrons. The van der Waals surface area contributed by atoms with Crippen molar-refractivity contribution in [3.63, 3.8) is 0 Å². The number of rotatable bonds is 10. The molecule has 0 amide bonds. The van der Waals surface area contributed by atoms with Gasteiger partial charge in [-0.05, 0) is 5.56 Å². The standard InChI is InChI=1S/C24H36O15/c25-6-12-14(27)15(28)17(30)22(37-12)39-19-13(8-35-23-20(32)24(33,9-26)10-36-23)38-21(18(31)16(19)29)34-7-11-4-2-1-3-5-11/h1-5,12-23,25-33H,6-10H2. The van der Waals surface area contributed by atoms with Gasteiger partial charge in [-0.2, -0.15) is 0 Å². The van der Waals surface area contributed by atoms with E-state index in [0.29, 0.717) is 0 Å². The minimum atomic E-state index is -1.96. The number of benzene rings is 1. The lowest BCUT2D eigenvalue weighted by atomic mass is 9.97. The average molecular weight is 565 g/mol. The van der Waals surface area contributed by atoms with Gasteiger partial charge in [0.25, 0.3) is 0 Å². The van der Waals surface area contributed by atoms with Crippen molar-refractivity contribution < 1.29 is 74.4 Å². The monoisotopic (exact) mass is 564 g/mol. The molecule has 1 aromatic rings. The maximum absolute atomic E-state index is 11.0. The topological polar surface area (TPSA) is 237 Å². The lowest BCUT2D eigenvalue weighted by Crippen LogP contribution is -2.65. The summed E-state index contributed by atoms with van der Waals surface area (Å²) < 4.78 is 33.3. The van der Waals surface area contributed by atoms with Crippen molar-refractivity contribution in [1.82, 2.24) is 0 Å². The van der Waals surface area contributed by atoms with Crippen molar-refractivity contribution in [2.24, 2.45) is 0 Å². The van der Waals surface area contributed by atoms with Crippen LogP contribution in [0.15, 0.2) is 30.3 Å². The normalized spacial score (nSPS) is 44.9. The van der Waals surface area contributed by atoms with Crippen LogP contribution in [0, 0.1) is 0 Å². The number of hydrogen-bond donors (Lipinski definition) is 9. The van der Waals surface area contributed by atoms with Gasteiger partial charge in [0.15, 0.2) is 18.9 Å². The molecule has 0 spiro atoms. The van der Waals surface area contributed by atoms with Crippen LogP contribution in [-0.2, 0) is 35.0 Å². The van der Waals surface area contributed by atoms with Crippen molar-refractivity contribution >= 4 is 0 Å². The summed E-state index contributed by atoms with van der Waals surface area (Å²) in [6, 6.07) is 8.93. The van der Waals surface area contributed by atoms with Gasteiger partial charge in [-0.1, -0.05) is 30.3 Å². The lowest BCUT2D eigenvalue weighted by molar-refractivity contribution is -0.363. The number of ether oxygens (including phenoxy) is 6. The van der Waals surface area contributed by atoms with Crippen LogP contribution >= 0.6 is 0 Å². The molecule has 13 unspecified atom stereocenters. The first-order valence-electron chi connectivity index (χ1n) is 12.5. The summed E-state index contributed by atoms with van der Waals surface area (Å²) in [6.45, 7) is -2.40. The zero-order chi connectivity index (χ0) is 28.3. The van der Waals surface area contributed by atoms with Crippen LogP contribution in [0.3, 0.4) is 0 Å². The maximum Gasteiger partial charge on any atom is 0.187 e. The lowest BCUT2D eigenvalue weighted by Gasteiger charge is -2.46. The quantitative estimate of drug-likeness (QED) is 0.130. The number of hydrogen-bond acceptors (Lipinski definition) is 15. The van der Waals surface area contributed by atoms with E-state index in [-0.39, 0.29) is 6.61 Å². The largest absolute Gasteiger partial charge is 0.394 e. The zero-order valence-electron chi connectivity index (χ0n) is 20.8. The molecule has 0 saturated carbocycles. The van der Waals surface area contributed by atoms with Gasteiger partial charge in [-0.25, -0.2) is 0 Å². The second-order valence-corrected chi connectivity index (χ2v) is 9.84. The molecular formula is C24H36O15. The second-order valence-electron chi connectivity index (χ2n) is 9.84. The first-order chi connectivity index (χ1) is 18.6. The van der Waals surface area contributed by atoms with Gasteiger partial charge in [0, 0.05) is 0 Å². The summed E-state index contributed by atoms with van der Waals surface area (Å²) >= 11 is 0. The Balaban J connectivity index is 1.49. The van der Waals surface area contributed by atoms with Gasteiger partial charge < -0.3 is 74.4 Å². The molecule has 3 aliphatic rings. The van der Waals surface area contributed by atoms with Crippen molar-refractivity contribution in [2.75, 3.05) is 26.4 Å². The fraction of sp³-hybridized carbons (Fsp3) is 0.750. The minimum absolute atomic E-state index is 0.00901. The first kappa shape index (κ1) is 30.6. The van der Waals surface area contributed by atoms with Crippen molar-refractivity contribution in [3.8, 4) is 0 Å². The van der Waals surface area contributed by atoms with Crippen molar-refractivity contribution in [3.05, 3.63) is 35.9 Å². The predicted octanol–water partition coefficient (Wildman–Crippen LogP) is -4.71. The first-order valence-corrected chi connectivity index (χ1v) is 12.5. The summed E-state index contributed by atoms with van der Waals surface area (Å²) in [7, 11) is 0. The van der Waals surface area contributed by atoms with Crippen LogP contribution in [0.2, 0.25) is 0 Å². The van der Waals surface area contributed by atoms with Gasteiger partial charge in [0.1, 0.15) is 60.5 Å². The van der Waals surface area contributed by atoms with E-state index in [4.69, 9.17) is 28.4 Å². The zero-order valence-corrected chi connectivity index (χ0v) is 20.8. The minimum Gasteiger partial charge on any atom is -0.394 e. The third kappa shape index (κ3) is 6.59. The van der Waals surface area contributed by atoms with Crippen LogP contribution in [0.25, 0.3) is 0 Å². The summed E-state index contributed by atoms with van der Waals surface area (Å²) in [5.74, 6) is 0. The molecule has 3 heterocycles. The SMILES string of the molecule is OCC1OC(OC2C(COC3OCC(O)(CO)C3O)OC(OCc3ccccc3)C(O)C2O)C(O)C(O)C1O. The highest BCUT2D eigenvalue weighted by Crippen LogP contribution is 2.31. The number of aliphatic hydroxyl groups excluding tert-OH is 8. The Morgan fingerprint density at radius 2 is 1.44 bits per heavy atom. The molecular weight excluding hydrogens is 528 g/mol. The Bertz CT molecular complexity index is 892. The van der Waals surface area contributed by atoms with E-state index < -0.39 is 106 Å². The molecule has 3 fully saturated rings. The fourth-order valence-electron chi connectivity index (χ4n) is 4.56. The highest BCUT2D eigenvalue weighted by molar-refractivity contribution is 5.13. The van der Waals surface area contributed by atoms with Crippen LogP contribution in [0.1, 0.15) is 5.56 Å². The van der Waals surface area contributed by atoms with E-state index in [0.717, 1.165) is 5.56 Å². The van der Waals surface area contributed by atoms with Crippen molar-refractivity contribution in [2.45, 2.75) is 86.0 Å². The summed E-state index contributed by atoms with van der Waals surface area (Å²) in [5, 5.41) is 91.5. The molecule has 1 aromatic carbocycles. The summed E-state index contributed by atoms with van der Waals surface area (Å²) in [5.41, 5.74) is -1.21. The highest BCUT2D eigenvalue weighted by Gasteiger charge is 2.52. The molecule has 9 N–H and O–H groups in total. The molecule has 0 aliphatic carbocycles. The van der Waals surface area contributed by atoms with Gasteiger partial charge in [-0.3, -0.25) is 0 Å². The van der Waals surface area contributed by atoms with E-state index in [9.17, 15) is 46.0 Å². The van der Waals surface area contributed by atoms with E-state index in [2.05, 4.69) is 0 Å². The molecule has 39 heavy (non-hydrogen) atoms. The van der Waals surface area contributed by atoms with Gasteiger partial charge >= 0.3 is 0 Å². The Morgan fingerprint density at radius 1 is 0.769 bits per heavy atom. The maximum atomic E-state index is 11.0. The Labute approximate surface area is 223 Å². The number of aliphatic hydroxyl groups is 9. The van der Waals surface area contributed by atoms with Gasteiger partial charge in [-0.15, -0.1) is 0 Å². The van der Waals surface area contributed by atoms with Crippen LogP contribution in [0.5, 0.6) is 0 Å². The molecule has 0 aromatic heterocycles. The van der Waals surface area contributed by atoms with Gasteiger partial charge in [0.2, 0.25) is 0 Å². The Kier molecular flexibility index (Phi) is 10.2. The van der Waals surface area contributed by atoms with E-state index in [1.165, 1.54) is 0 Å². The van der Waals surface area contributed by atoms with E-state index >= 15 is 0 Å². The van der Waals surface area contributed by atoms with Crippen LogP contribution in [0.4, 0.5) is 0 Å². The molecule has 15 heteroatoms. The Morgan fingerprint density at radius 3 is 2.08 bits per heavy atom. The highest BCUT2D eigenvalue weighted by atomic mass is 16.8. The molecule has 13 atom stereocenters. The molecule has 4 rings (SSSR count). The fourth-order valence-corrected chi connectivity index (χ4v) is 4.56. The van der Waals surface area contributed by atoms with Crippen LogP contribution in [-0.4, -0.2) is 152 Å². The average Bonchev–Trinajstić information content (AvgIpc) is 3.24. The van der Waals surface area contributed by atoms with Crippen molar-refractivity contribution in [1.29, 1.82) is 0 Å². The van der Waals surface area contributed by atoms with Gasteiger partial charge in [0.05, 0.1) is 33.0 Å². The summed E-state index contributed by atoms with van der Waals surface area (Å²) in [4.78, 5) is 0.